The molecular weight excluding hydrogens is 398 g/mol. The van der Waals surface area contributed by atoms with Gasteiger partial charge in [-0.25, -0.2) is 18.1 Å². The zero-order valence-corrected chi connectivity index (χ0v) is 16.7. The van der Waals surface area contributed by atoms with Crippen LogP contribution in [0.4, 0.5) is 5.13 Å². The summed E-state index contributed by atoms with van der Waals surface area (Å²) in [6, 6.07) is 15.4. The van der Waals surface area contributed by atoms with Gasteiger partial charge in [-0.15, -0.1) is 11.3 Å². The zero-order chi connectivity index (χ0) is 20.0. The number of nitrogens with one attached hydrogen (secondary N) is 2. The van der Waals surface area contributed by atoms with Crippen LogP contribution in [0.3, 0.4) is 0 Å². The highest BCUT2D eigenvalue weighted by molar-refractivity contribution is 7.89. The highest BCUT2D eigenvalue weighted by atomic mass is 32.2. The standard InChI is InChI=1S/C19H19N3O4S2/c1-26-12-11-20-28(24,25)16-9-7-15(8-10-16)18(23)22-19-21-17(13-27-19)14-5-3-2-4-6-14/h2-10,13,20H,11-12H2,1H3,(H,21,22,23). The van der Waals surface area contributed by atoms with Crippen LogP contribution < -0.4 is 10.0 Å². The second-order valence-electron chi connectivity index (χ2n) is 5.77. The number of carbonyl (C=O) groups excluding carboxylic acids is 1. The molecule has 0 saturated carbocycles. The van der Waals surface area contributed by atoms with Crippen molar-refractivity contribution in [1.29, 1.82) is 0 Å². The molecule has 0 atom stereocenters. The number of methoxy groups -OCH3 is 1. The van der Waals surface area contributed by atoms with Crippen molar-refractivity contribution in [3.05, 3.63) is 65.5 Å². The van der Waals surface area contributed by atoms with Gasteiger partial charge in [-0.2, -0.15) is 0 Å². The third-order valence-corrected chi connectivity index (χ3v) is 6.05. The Morgan fingerprint density at radius 1 is 1.11 bits per heavy atom. The van der Waals surface area contributed by atoms with Crippen molar-refractivity contribution in [2.75, 3.05) is 25.6 Å². The maximum Gasteiger partial charge on any atom is 0.257 e. The average Bonchev–Trinajstić information content (AvgIpc) is 3.17. The summed E-state index contributed by atoms with van der Waals surface area (Å²) in [4.78, 5) is 16.9. The van der Waals surface area contributed by atoms with E-state index in [-0.39, 0.29) is 24.0 Å². The minimum Gasteiger partial charge on any atom is -0.383 e. The molecule has 1 amide bonds. The van der Waals surface area contributed by atoms with Crippen LogP contribution in [0, 0.1) is 0 Å². The average molecular weight is 418 g/mol. The van der Waals surface area contributed by atoms with Crippen molar-refractivity contribution >= 4 is 32.4 Å². The van der Waals surface area contributed by atoms with Crippen LogP contribution in [-0.4, -0.2) is 39.6 Å². The van der Waals surface area contributed by atoms with E-state index in [1.165, 1.54) is 42.7 Å². The summed E-state index contributed by atoms with van der Waals surface area (Å²) >= 11 is 1.33. The number of amides is 1. The minimum atomic E-state index is -3.63. The number of anilines is 1. The number of sulfonamides is 1. The van der Waals surface area contributed by atoms with Gasteiger partial charge in [0.05, 0.1) is 17.2 Å². The predicted molar refractivity (Wildman–Crippen MR) is 109 cm³/mol. The Bertz CT molecular complexity index is 1030. The quantitative estimate of drug-likeness (QED) is 0.549. The molecule has 0 fully saturated rings. The van der Waals surface area contributed by atoms with Crippen LogP contribution in [-0.2, 0) is 14.8 Å². The summed E-state index contributed by atoms with van der Waals surface area (Å²) < 4.78 is 31.5. The lowest BCUT2D eigenvalue weighted by molar-refractivity contribution is 0.102. The van der Waals surface area contributed by atoms with Crippen molar-refractivity contribution in [3.8, 4) is 11.3 Å². The summed E-state index contributed by atoms with van der Waals surface area (Å²) in [6.07, 6.45) is 0. The monoisotopic (exact) mass is 417 g/mol. The van der Waals surface area contributed by atoms with E-state index in [4.69, 9.17) is 4.74 Å². The molecule has 0 radical (unpaired) electrons. The van der Waals surface area contributed by atoms with Crippen LogP contribution in [0.25, 0.3) is 11.3 Å². The van der Waals surface area contributed by atoms with E-state index in [1.54, 1.807) is 0 Å². The first-order chi connectivity index (χ1) is 13.5. The van der Waals surface area contributed by atoms with Gasteiger partial charge in [0.1, 0.15) is 0 Å². The van der Waals surface area contributed by atoms with Gasteiger partial charge in [0.2, 0.25) is 10.0 Å². The molecule has 3 aromatic rings. The zero-order valence-electron chi connectivity index (χ0n) is 15.1. The summed E-state index contributed by atoms with van der Waals surface area (Å²) in [5, 5.41) is 5.08. The Kier molecular flexibility index (Phi) is 6.53. The van der Waals surface area contributed by atoms with Gasteiger partial charge in [0.15, 0.2) is 5.13 Å². The van der Waals surface area contributed by atoms with E-state index in [2.05, 4.69) is 15.0 Å². The van der Waals surface area contributed by atoms with E-state index in [0.717, 1.165) is 11.3 Å². The maximum absolute atomic E-state index is 12.4. The first-order valence-corrected chi connectivity index (χ1v) is 10.8. The highest BCUT2D eigenvalue weighted by Crippen LogP contribution is 2.25. The third-order valence-electron chi connectivity index (χ3n) is 3.82. The molecule has 0 unspecified atom stereocenters. The Balaban J connectivity index is 1.66. The van der Waals surface area contributed by atoms with Crippen LogP contribution in [0.15, 0.2) is 64.9 Å². The molecule has 0 bridgehead atoms. The van der Waals surface area contributed by atoms with Crippen molar-refractivity contribution in [3.63, 3.8) is 0 Å². The van der Waals surface area contributed by atoms with E-state index >= 15 is 0 Å². The van der Waals surface area contributed by atoms with E-state index in [0.29, 0.717) is 10.7 Å². The maximum atomic E-state index is 12.4. The number of hydrogen-bond donors (Lipinski definition) is 2. The van der Waals surface area contributed by atoms with Crippen molar-refractivity contribution in [2.45, 2.75) is 4.90 Å². The van der Waals surface area contributed by atoms with Gasteiger partial charge < -0.3 is 4.74 Å². The molecule has 28 heavy (non-hydrogen) atoms. The summed E-state index contributed by atoms with van der Waals surface area (Å²) in [6.45, 7) is 0.452. The fourth-order valence-corrected chi connectivity index (χ4v) is 4.12. The van der Waals surface area contributed by atoms with Gasteiger partial charge >= 0.3 is 0 Å². The first kappa shape index (κ1) is 20.2. The second-order valence-corrected chi connectivity index (χ2v) is 8.40. The minimum absolute atomic E-state index is 0.0840. The molecule has 0 aliphatic carbocycles. The number of aromatic nitrogens is 1. The number of carbonyl (C=O) groups is 1. The third kappa shape index (κ3) is 5.02. The number of ether oxygens (including phenoxy) is 1. The molecule has 0 aliphatic heterocycles. The van der Waals surface area contributed by atoms with Gasteiger partial charge in [-0.05, 0) is 24.3 Å². The molecule has 1 aromatic heterocycles. The number of thiazole rings is 1. The Morgan fingerprint density at radius 3 is 2.50 bits per heavy atom. The summed E-state index contributed by atoms with van der Waals surface area (Å²) in [5.74, 6) is -0.356. The second kappa shape index (κ2) is 9.07. The lowest BCUT2D eigenvalue weighted by Gasteiger charge is -2.07. The van der Waals surface area contributed by atoms with Crippen LogP contribution in [0.2, 0.25) is 0 Å². The van der Waals surface area contributed by atoms with Gasteiger partial charge in [-0.1, -0.05) is 30.3 Å². The van der Waals surface area contributed by atoms with Gasteiger partial charge in [-0.3, -0.25) is 10.1 Å². The van der Waals surface area contributed by atoms with Crippen molar-refractivity contribution < 1.29 is 17.9 Å². The van der Waals surface area contributed by atoms with Gasteiger partial charge in [0, 0.05) is 30.2 Å². The van der Waals surface area contributed by atoms with E-state index in [9.17, 15) is 13.2 Å². The Morgan fingerprint density at radius 2 is 1.82 bits per heavy atom. The lowest BCUT2D eigenvalue weighted by Crippen LogP contribution is -2.27. The fraction of sp³-hybridized carbons (Fsp3) is 0.158. The predicted octanol–water partition coefficient (Wildman–Crippen LogP) is 2.99. The number of benzene rings is 2. The van der Waals surface area contributed by atoms with E-state index in [1.807, 2.05) is 35.7 Å². The lowest BCUT2D eigenvalue weighted by atomic mass is 10.2. The molecule has 0 spiro atoms. The molecule has 2 N–H and O–H groups in total. The molecule has 0 aliphatic rings. The molecule has 9 heteroatoms. The molecule has 146 valence electrons. The number of rotatable bonds is 8. The SMILES string of the molecule is COCCNS(=O)(=O)c1ccc(C(=O)Nc2nc(-c3ccccc3)cs2)cc1. The first-order valence-electron chi connectivity index (χ1n) is 8.40. The number of nitrogens with zero attached hydrogens (tertiary/aromatic N) is 1. The normalized spacial score (nSPS) is 11.3. The Labute approximate surface area is 167 Å². The van der Waals surface area contributed by atoms with Crippen LogP contribution >= 0.6 is 11.3 Å². The molecule has 2 aromatic carbocycles. The molecule has 7 nitrogen and oxygen atoms in total. The van der Waals surface area contributed by atoms with E-state index < -0.39 is 10.0 Å². The van der Waals surface area contributed by atoms with Gasteiger partial charge in [0.25, 0.3) is 5.91 Å². The summed E-state index contributed by atoms with van der Waals surface area (Å²) in [5.41, 5.74) is 2.09. The summed E-state index contributed by atoms with van der Waals surface area (Å²) in [7, 11) is -2.14. The molecular formula is C19H19N3O4S2. The molecule has 3 rings (SSSR count). The van der Waals surface area contributed by atoms with Crippen LogP contribution in [0.5, 0.6) is 0 Å². The topological polar surface area (TPSA) is 97.4 Å². The Hall–Kier alpha value is -2.59. The van der Waals surface area contributed by atoms with Crippen molar-refractivity contribution in [1.82, 2.24) is 9.71 Å². The largest absolute Gasteiger partial charge is 0.383 e. The van der Waals surface area contributed by atoms with Crippen LogP contribution in [0.1, 0.15) is 10.4 Å². The fourth-order valence-electron chi connectivity index (χ4n) is 2.39. The van der Waals surface area contributed by atoms with Crippen molar-refractivity contribution in [2.24, 2.45) is 0 Å². The smallest absolute Gasteiger partial charge is 0.257 e. The number of hydrogen-bond acceptors (Lipinski definition) is 6. The highest BCUT2D eigenvalue weighted by Gasteiger charge is 2.15. The molecule has 0 saturated heterocycles. The molecule has 1 heterocycles.